The van der Waals surface area contributed by atoms with Crippen LogP contribution in [0.25, 0.3) is 0 Å². The molecule has 0 aromatic heterocycles. The van der Waals surface area contributed by atoms with E-state index in [1.165, 1.54) is 0 Å². The molecule has 0 saturated carbocycles. The second kappa shape index (κ2) is 4.63. The third-order valence-corrected chi connectivity index (χ3v) is 1.12. The Bertz CT molecular complexity index is 104. The molecule has 0 amide bonds. The van der Waals surface area contributed by atoms with Gasteiger partial charge in [-0.05, 0) is 0 Å². The van der Waals surface area contributed by atoms with Gasteiger partial charge in [-0.2, -0.15) is 0 Å². The molecular weight excluding hydrogens is 138 g/mol. The second-order valence-corrected chi connectivity index (χ2v) is 1.75. The molecule has 2 nitrogen and oxygen atoms in total. The first kappa shape index (κ1) is 8.77. The molecule has 0 aliphatic carbocycles. The molecule has 0 unspecified atom stereocenters. The largest absolute Gasteiger partial charge is 0.377 e. The van der Waals surface area contributed by atoms with Crippen LogP contribution in [-0.2, 0) is 4.74 Å². The maximum Gasteiger partial charge on any atom is 0.0924 e. The van der Waals surface area contributed by atoms with Crippen LogP contribution in [-0.4, -0.2) is 25.8 Å². The zero-order valence-electron chi connectivity index (χ0n) is 5.09. The van der Waals surface area contributed by atoms with Gasteiger partial charge in [0.1, 0.15) is 0 Å². The minimum atomic E-state index is 0. The highest BCUT2D eigenvalue weighted by Gasteiger charge is 2.07. The Kier molecular flexibility index (Phi) is 4.51. The quantitative estimate of drug-likeness (QED) is 0.489. The lowest BCUT2D eigenvalue weighted by Crippen LogP contribution is -2.39. The zero-order valence-corrected chi connectivity index (χ0v) is 5.91. The van der Waals surface area contributed by atoms with Crippen LogP contribution in [0.4, 0.5) is 0 Å². The van der Waals surface area contributed by atoms with Crippen molar-refractivity contribution in [1.82, 2.24) is 5.32 Å². The molecule has 3 heteroatoms. The smallest absolute Gasteiger partial charge is 0.0924 e. The van der Waals surface area contributed by atoms with Crippen LogP contribution >= 0.6 is 12.4 Å². The van der Waals surface area contributed by atoms with E-state index in [9.17, 15) is 0 Å². The molecule has 0 spiro atoms. The van der Waals surface area contributed by atoms with Gasteiger partial charge in [-0.1, -0.05) is 5.92 Å². The molecule has 0 bridgehead atoms. The third-order valence-electron chi connectivity index (χ3n) is 1.12. The van der Waals surface area contributed by atoms with Gasteiger partial charge in [-0.3, -0.25) is 5.32 Å². The molecule has 0 aromatic rings. The van der Waals surface area contributed by atoms with Crippen molar-refractivity contribution in [2.75, 3.05) is 19.8 Å². The van der Waals surface area contributed by atoms with Gasteiger partial charge in [-0.15, -0.1) is 18.8 Å². The molecule has 1 saturated heterocycles. The number of nitrogens with one attached hydrogen (secondary N) is 1. The lowest BCUT2D eigenvalue weighted by molar-refractivity contribution is 0.0926. The molecule has 1 aliphatic rings. The Morgan fingerprint density at radius 1 is 1.67 bits per heavy atom. The Morgan fingerprint density at radius 3 is 2.78 bits per heavy atom. The van der Waals surface area contributed by atoms with Gasteiger partial charge in [0.15, 0.2) is 0 Å². The lowest BCUT2D eigenvalue weighted by Gasteiger charge is -2.18. The average Bonchev–Trinajstić information content (AvgIpc) is 1.90. The molecule has 0 radical (unpaired) electrons. The normalized spacial score (nSPS) is 25.9. The molecule has 9 heavy (non-hydrogen) atoms. The van der Waals surface area contributed by atoms with E-state index >= 15 is 0 Å². The van der Waals surface area contributed by atoms with Crippen LogP contribution in [0.1, 0.15) is 0 Å². The monoisotopic (exact) mass is 147 g/mol. The van der Waals surface area contributed by atoms with E-state index in [4.69, 9.17) is 11.2 Å². The Hall–Kier alpha value is -0.230. The maximum atomic E-state index is 5.11. The van der Waals surface area contributed by atoms with Gasteiger partial charge < -0.3 is 4.74 Å². The Labute approximate surface area is 61.4 Å². The van der Waals surface area contributed by atoms with Crippen molar-refractivity contribution in [3.63, 3.8) is 0 Å². The van der Waals surface area contributed by atoms with Gasteiger partial charge in [0.05, 0.1) is 19.3 Å². The zero-order chi connectivity index (χ0) is 5.82. The molecule has 1 rings (SSSR count). The molecule has 1 fully saturated rings. The van der Waals surface area contributed by atoms with Gasteiger partial charge in [0.2, 0.25) is 0 Å². The van der Waals surface area contributed by atoms with Gasteiger partial charge in [0, 0.05) is 6.54 Å². The first-order chi connectivity index (χ1) is 3.93. The summed E-state index contributed by atoms with van der Waals surface area (Å²) in [6.07, 6.45) is 5.11. The van der Waals surface area contributed by atoms with E-state index in [-0.39, 0.29) is 18.4 Å². The standard InChI is InChI=1S/C6H9NO.ClH/c1-2-6-5-8-4-3-7-6;/h1,6-7H,3-5H2;1H/t6-;/m0./s1. The van der Waals surface area contributed by atoms with E-state index < -0.39 is 0 Å². The van der Waals surface area contributed by atoms with E-state index in [1.54, 1.807) is 0 Å². The minimum Gasteiger partial charge on any atom is -0.377 e. The van der Waals surface area contributed by atoms with Crippen LogP contribution in [0.2, 0.25) is 0 Å². The number of morpholine rings is 1. The van der Waals surface area contributed by atoms with Crippen molar-refractivity contribution < 1.29 is 4.74 Å². The fourth-order valence-corrected chi connectivity index (χ4v) is 0.672. The number of ether oxygens (including phenoxy) is 1. The highest BCUT2D eigenvalue weighted by molar-refractivity contribution is 5.85. The molecule has 1 aliphatic heterocycles. The summed E-state index contributed by atoms with van der Waals surface area (Å²) in [6.45, 7) is 2.34. The third kappa shape index (κ3) is 2.71. The molecule has 52 valence electrons. The van der Waals surface area contributed by atoms with Crippen molar-refractivity contribution >= 4 is 12.4 Å². The lowest BCUT2D eigenvalue weighted by atomic mass is 10.3. The summed E-state index contributed by atoms with van der Waals surface area (Å²) < 4.78 is 5.07. The topological polar surface area (TPSA) is 21.3 Å². The van der Waals surface area contributed by atoms with Crippen LogP contribution in [0, 0.1) is 12.3 Å². The summed E-state index contributed by atoms with van der Waals surface area (Å²) in [5.74, 6) is 2.57. The first-order valence-corrected chi connectivity index (χ1v) is 2.71. The van der Waals surface area contributed by atoms with E-state index in [0.717, 1.165) is 13.2 Å². The maximum absolute atomic E-state index is 5.11. The number of rotatable bonds is 0. The van der Waals surface area contributed by atoms with Crippen molar-refractivity contribution in [3.8, 4) is 12.3 Å². The molecule has 1 heterocycles. The van der Waals surface area contributed by atoms with Crippen LogP contribution in [0.3, 0.4) is 0 Å². The number of halogens is 1. The van der Waals surface area contributed by atoms with Crippen LogP contribution in [0.5, 0.6) is 0 Å². The van der Waals surface area contributed by atoms with Gasteiger partial charge >= 0.3 is 0 Å². The highest BCUT2D eigenvalue weighted by Crippen LogP contribution is 1.88. The predicted octanol–water partition coefficient (Wildman–Crippen LogP) is 0.0298. The SMILES string of the molecule is C#C[C@H]1COCCN1.Cl. The number of hydrogen-bond donors (Lipinski definition) is 1. The van der Waals surface area contributed by atoms with Crippen molar-refractivity contribution in [2.24, 2.45) is 0 Å². The summed E-state index contributed by atoms with van der Waals surface area (Å²) in [5.41, 5.74) is 0. The fraction of sp³-hybridized carbons (Fsp3) is 0.667. The summed E-state index contributed by atoms with van der Waals surface area (Å²) >= 11 is 0. The molecule has 1 atom stereocenters. The number of hydrogen-bond acceptors (Lipinski definition) is 2. The molecular formula is C6H10ClNO. The first-order valence-electron chi connectivity index (χ1n) is 2.71. The van der Waals surface area contributed by atoms with Gasteiger partial charge in [-0.25, -0.2) is 0 Å². The van der Waals surface area contributed by atoms with Crippen LogP contribution < -0.4 is 5.32 Å². The van der Waals surface area contributed by atoms with E-state index in [1.807, 2.05) is 0 Å². The van der Waals surface area contributed by atoms with E-state index in [0.29, 0.717) is 6.61 Å². The van der Waals surface area contributed by atoms with Crippen molar-refractivity contribution in [3.05, 3.63) is 0 Å². The predicted molar refractivity (Wildman–Crippen MR) is 38.7 cm³/mol. The number of terminal acetylenes is 1. The second-order valence-electron chi connectivity index (χ2n) is 1.75. The minimum absolute atomic E-state index is 0. The van der Waals surface area contributed by atoms with Gasteiger partial charge in [0.25, 0.3) is 0 Å². The highest BCUT2D eigenvalue weighted by atomic mass is 35.5. The summed E-state index contributed by atoms with van der Waals surface area (Å²) in [5, 5.41) is 3.11. The summed E-state index contributed by atoms with van der Waals surface area (Å²) in [7, 11) is 0. The van der Waals surface area contributed by atoms with Crippen molar-refractivity contribution in [1.29, 1.82) is 0 Å². The van der Waals surface area contributed by atoms with Crippen molar-refractivity contribution in [2.45, 2.75) is 6.04 Å². The van der Waals surface area contributed by atoms with E-state index in [2.05, 4.69) is 11.2 Å². The molecule has 0 aromatic carbocycles. The Morgan fingerprint density at radius 2 is 2.44 bits per heavy atom. The summed E-state index contributed by atoms with van der Waals surface area (Å²) in [6, 6.07) is 0.142. The fourth-order valence-electron chi connectivity index (χ4n) is 0.672. The summed E-state index contributed by atoms with van der Waals surface area (Å²) in [4.78, 5) is 0. The van der Waals surface area contributed by atoms with Crippen LogP contribution in [0.15, 0.2) is 0 Å². The average molecular weight is 148 g/mol. The molecule has 1 N–H and O–H groups in total. The Balaban J connectivity index is 0.000000640.